The lowest BCUT2D eigenvalue weighted by molar-refractivity contribution is 0.303. The molecule has 2 nitrogen and oxygen atoms in total. The molecule has 2 aromatic carbocycles. The van der Waals surface area contributed by atoms with Gasteiger partial charge in [0.2, 0.25) is 0 Å². The topological polar surface area (TPSA) is 35.2 Å². The molecule has 1 saturated carbocycles. The standard InChI is InChI=1S/C16H16INO/c17-13-3-1-2-12(10-13)16(18)11-4-6-14(7-5-11)19-15-8-9-15/h1-7,10,15-16H,8-9,18H2. The fourth-order valence-electron chi connectivity index (χ4n) is 2.02. The van der Waals surface area contributed by atoms with E-state index in [2.05, 4.69) is 52.9 Å². The van der Waals surface area contributed by atoms with Crippen molar-refractivity contribution in [2.75, 3.05) is 0 Å². The van der Waals surface area contributed by atoms with E-state index in [1.807, 2.05) is 18.2 Å². The number of hydrogen-bond acceptors (Lipinski definition) is 2. The minimum Gasteiger partial charge on any atom is -0.490 e. The Labute approximate surface area is 127 Å². The lowest BCUT2D eigenvalue weighted by Crippen LogP contribution is -2.11. The molecule has 1 aliphatic carbocycles. The summed E-state index contributed by atoms with van der Waals surface area (Å²) < 4.78 is 6.95. The van der Waals surface area contributed by atoms with Gasteiger partial charge < -0.3 is 10.5 Å². The molecule has 0 aliphatic heterocycles. The molecule has 0 saturated heterocycles. The van der Waals surface area contributed by atoms with Crippen LogP contribution in [0.5, 0.6) is 5.75 Å². The van der Waals surface area contributed by atoms with E-state index in [9.17, 15) is 0 Å². The minimum atomic E-state index is -0.0790. The molecular formula is C16H16INO. The van der Waals surface area contributed by atoms with Gasteiger partial charge >= 0.3 is 0 Å². The van der Waals surface area contributed by atoms with E-state index < -0.39 is 0 Å². The van der Waals surface area contributed by atoms with Crippen LogP contribution in [0.4, 0.5) is 0 Å². The van der Waals surface area contributed by atoms with Crippen molar-refractivity contribution in [3.05, 3.63) is 63.2 Å². The number of benzene rings is 2. The first-order valence-corrected chi connectivity index (χ1v) is 7.58. The van der Waals surface area contributed by atoms with E-state index in [1.54, 1.807) is 0 Å². The summed E-state index contributed by atoms with van der Waals surface area (Å²) in [4.78, 5) is 0. The number of ether oxygens (including phenoxy) is 1. The maximum Gasteiger partial charge on any atom is 0.119 e. The molecule has 0 amide bonds. The third kappa shape index (κ3) is 3.28. The van der Waals surface area contributed by atoms with Crippen LogP contribution in [0, 0.1) is 3.57 Å². The molecule has 1 aliphatic rings. The largest absolute Gasteiger partial charge is 0.490 e. The van der Waals surface area contributed by atoms with Crippen LogP contribution < -0.4 is 10.5 Å². The van der Waals surface area contributed by atoms with Gasteiger partial charge in [0, 0.05) is 3.57 Å². The van der Waals surface area contributed by atoms with Gasteiger partial charge in [0.25, 0.3) is 0 Å². The van der Waals surface area contributed by atoms with Crippen molar-refractivity contribution in [3.8, 4) is 5.75 Å². The van der Waals surface area contributed by atoms with Crippen molar-refractivity contribution in [3.63, 3.8) is 0 Å². The van der Waals surface area contributed by atoms with Crippen LogP contribution in [0.2, 0.25) is 0 Å². The summed E-state index contributed by atoms with van der Waals surface area (Å²) in [5.41, 5.74) is 8.56. The lowest BCUT2D eigenvalue weighted by atomic mass is 10.00. The summed E-state index contributed by atoms with van der Waals surface area (Å²) in [6, 6.07) is 16.4. The summed E-state index contributed by atoms with van der Waals surface area (Å²) in [6.45, 7) is 0. The van der Waals surface area contributed by atoms with Gasteiger partial charge in [-0.2, -0.15) is 0 Å². The zero-order valence-corrected chi connectivity index (χ0v) is 12.7. The summed E-state index contributed by atoms with van der Waals surface area (Å²) in [5, 5.41) is 0. The van der Waals surface area contributed by atoms with Crippen LogP contribution in [0.1, 0.15) is 30.0 Å². The second-order valence-corrected chi connectivity index (χ2v) is 6.16. The molecule has 1 unspecified atom stereocenters. The first-order valence-electron chi connectivity index (χ1n) is 6.50. The second-order valence-electron chi connectivity index (χ2n) is 4.92. The fourth-order valence-corrected chi connectivity index (χ4v) is 2.59. The van der Waals surface area contributed by atoms with Gasteiger partial charge in [-0.1, -0.05) is 24.3 Å². The SMILES string of the molecule is NC(c1ccc(OC2CC2)cc1)c1cccc(I)c1. The molecule has 0 heterocycles. The first-order chi connectivity index (χ1) is 9.22. The molecule has 0 radical (unpaired) electrons. The predicted octanol–water partition coefficient (Wildman–Crippen LogP) is 3.88. The number of hydrogen-bond donors (Lipinski definition) is 1. The van der Waals surface area contributed by atoms with Crippen LogP contribution >= 0.6 is 22.6 Å². The third-order valence-corrected chi connectivity index (χ3v) is 3.95. The van der Waals surface area contributed by atoms with Gasteiger partial charge in [-0.15, -0.1) is 0 Å². The molecule has 2 N–H and O–H groups in total. The van der Waals surface area contributed by atoms with Gasteiger partial charge in [0.05, 0.1) is 12.1 Å². The van der Waals surface area contributed by atoms with Crippen molar-refractivity contribution in [1.29, 1.82) is 0 Å². The smallest absolute Gasteiger partial charge is 0.119 e. The van der Waals surface area contributed by atoms with Crippen LogP contribution in [0.3, 0.4) is 0 Å². The Kier molecular flexibility index (Phi) is 3.75. The lowest BCUT2D eigenvalue weighted by Gasteiger charge is -2.14. The predicted molar refractivity (Wildman–Crippen MR) is 85.3 cm³/mol. The molecule has 0 aromatic heterocycles. The van der Waals surface area contributed by atoms with Crippen molar-refractivity contribution in [2.24, 2.45) is 5.73 Å². The molecule has 1 fully saturated rings. The summed E-state index contributed by atoms with van der Waals surface area (Å²) in [6.07, 6.45) is 2.81. The first kappa shape index (κ1) is 12.9. The van der Waals surface area contributed by atoms with Crippen LogP contribution in [0.25, 0.3) is 0 Å². The highest BCUT2D eigenvalue weighted by atomic mass is 127. The van der Waals surface area contributed by atoms with Crippen LogP contribution in [-0.4, -0.2) is 6.10 Å². The average molecular weight is 365 g/mol. The normalized spacial score (nSPS) is 16.1. The Morgan fingerprint density at radius 1 is 1.05 bits per heavy atom. The molecule has 19 heavy (non-hydrogen) atoms. The van der Waals surface area contributed by atoms with Crippen molar-refractivity contribution >= 4 is 22.6 Å². The Morgan fingerprint density at radius 3 is 2.42 bits per heavy atom. The van der Waals surface area contributed by atoms with Gasteiger partial charge in [0.15, 0.2) is 0 Å². The number of halogens is 1. The van der Waals surface area contributed by atoms with Gasteiger partial charge in [-0.05, 0) is 70.8 Å². The summed E-state index contributed by atoms with van der Waals surface area (Å²) in [7, 11) is 0. The van der Waals surface area contributed by atoms with E-state index in [1.165, 1.54) is 16.4 Å². The van der Waals surface area contributed by atoms with Crippen molar-refractivity contribution < 1.29 is 4.74 Å². The van der Waals surface area contributed by atoms with Crippen molar-refractivity contribution in [2.45, 2.75) is 25.0 Å². The fraction of sp³-hybridized carbons (Fsp3) is 0.250. The minimum absolute atomic E-state index is 0.0790. The Balaban J connectivity index is 1.77. The maximum atomic E-state index is 6.30. The van der Waals surface area contributed by atoms with E-state index in [0.717, 1.165) is 16.9 Å². The molecule has 3 heteroatoms. The molecule has 3 rings (SSSR count). The number of nitrogens with two attached hydrogens (primary N) is 1. The highest BCUT2D eigenvalue weighted by molar-refractivity contribution is 14.1. The summed E-state index contributed by atoms with van der Waals surface area (Å²) in [5.74, 6) is 0.945. The molecular weight excluding hydrogens is 349 g/mol. The molecule has 2 aromatic rings. The third-order valence-electron chi connectivity index (χ3n) is 3.27. The Morgan fingerprint density at radius 2 is 1.79 bits per heavy atom. The highest BCUT2D eigenvalue weighted by Gasteiger charge is 2.23. The summed E-state index contributed by atoms with van der Waals surface area (Å²) >= 11 is 2.31. The van der Waals surface area contributed by atoms with Crippen LogP contribution in [0.15, 0.2) is 48.5 Å². The monoisotopic (exact) mass is 365 g/mol. The van der Waals surface area contributed by atoms with Crippen molar-refractivity contribution in [1.82, 2.24) is 0 Å². The van der Waals surface area contributed by atoms with Crippen LogP contribution in [-0.2, 0) is 0 Å². The average Bonchev–Trinajstić information content (AvgIpc) is 3.23. The zero-order chi connectivity index (χ0) is 13.2. The van der Waals surface area contributed by atoms with E-state index in [4.69, 9.17) is 10.5 Å². The second kappa shape index (κ2) is 5.51. The van der Waals surface area contributed by atoms with Gasteiger partial charge in [-0.25, -0.2) is 0 Å². The van der Waals surface area contributed by atoms with E-state index in [0.29, 0.717) is 6.10 Å². The molecule has 0 bridgehead atoms. The maximum absolute atomic E-state index is 6.30. The number of rotatable bonds is 4. The molecule has 0 spiro atoms. The van der Waals surface area contributed by atoms with Gasteiger partial charge in [-0.3, -0.25) is 0 Å². The van der Waals surface area contributed by atoms with E-state index >= 15 is 0 Å². The molecule has 1 atom stereocenters. The Bertz CT molecular complexity index is 563. The molecule has 98 valence electrons. The Hall–Kier alpha value is -1.07. The zero-order valence-electron chi connectivity index (χ0n) is 10.6. The van der Waals surface area contributed by atoms with E-state index in [-0.39, 0.29) is 6.04 Å². The van der Waals surface area contributed by atoms with Gasteiger partial charge in [0.1, 0.15) is 5.75 Å². The highest BCUT2D eigenvalue weighted by Crippen LogP contribution is 2.28. The quantitative estimate of drug-likeness (QED) is 0.835.